The topological polar surface area (TPSA) is 58.6 Å². The van der Waals surface area contributed by atoms with Crippen LogP contribution in [0.5, 0.6) is 5.75 Å². The Morgan fingerprint density at radius 3 is 2.83 bits per heavy atom. The number of fused-ring (bicyclic) bond motifs is 1. The minimum Gasteiger partial charge on any atom is -0.493 e. The van der Waals surface area contributed by atoms with Crippen LogP contribution in [0, 0.1) is 12.7 Å². The van der Waals surface area contributed by atoms with Crippen LogP contribution in [0.3, 0.4) is 0 Å². The summed E-state index contributed by atoms with van der Waals surface area (Å²) < 4.78 is 19.2. The first-order valence-corrected chi connectivity index (χ1v) is 10.1. The number of anilines is 1. The van der Waals surface area contributed by atoms with Gasteiger partial charge >= 0.3 is 0 Å². The molecule has 0 aliphatic carbocycles. The zero-order valence-electron chi connectivity index (χ0n) is 17.0. The number of nitrogens with one attached hydrogen (secondary N) is 1. The monoisotopic (exact) mass is 398 g/mol. The number of rotatable bonds is 7. The molecule has 0 saturated heterocycles. The highest BCUT2D eigenvalue weighted by Gasteiger charge is 2.24. The number of hydrogen-bond donors (Lipinski definition) is 1. The summed E-state index contributed by atoms with van der Waals surface area (Å²) in [5, 5.41) is 2.85. The van der Waals surface area contributed by atoms with E-state index in [-0.39, 0.29) is 17.6 Å². The summed E-state index contributed by atoms with van der Waals surface area (Å²) in [7, 11) is 0. The number of ether oxygens (including phenoxy) is 1. The van der Waals surface area contributed by atoms with E-state index in [0.29, 0.717) is 43.9 Å². The van der Waals surface area contributed by atoms with Gasteiger partial charge in [0.2, 0.25) is 5.91 Å². The molecule has 1 aliphatic rings. The smallest absolute Gasteiger partial charge is 0.255 e. The summed E-state index contributed by atoms with van der Waals surface area (Å²) >= 11 is 0. The number of aryl methyl sites for hydroxylation is 2. The van der Waals surface area contributed by atoms with Gasteiger partial charge in [0.05, 0.1) is 12.2 Å². The molecule has 0 spiro atoms. The van der Waals surface area contributed by atoms with Crippen molar-refractivity contribution in [2.75, 3.05) is 24.6 Å². The van der Waals surface area contributed by atoms with Crippen LogP contribution in [0.2, 0.25) is 0 Å². The molecule has 29 heavy (non-hydrogen) atoms. The summed E-state index contributed by atoms with van der Waals surface area (Å²) in [5.41, 5.74) is 3.01. The van der Waals surface area contributed by atoms with Crippen molar-refractivity contribution in [1.29, 1.82) is 0 Å². The number of carbonyl (C=O) groups excluding carboxylic acids is 2. The molecule has 0 atom stereocenters. The Morgan fingerprint density at radius 2 is 2.03 bits per heavy atom. The number of benzene rings is 2. The van der Waals surface area contributed by atoms with Crippen LogP contribution in [-0.4, -0.2) is 31.5 Å². The van der Waals surface area contributed by atoms with Gasteiger partial charge in [0.1, 0.15) is 11.6 Å². The minimum absolute atomic E-state index is 0.00428. The predicted molar refractivity (Wildman–Crippen MR) is 111 cm³/mol. The average Bonchev–Trinajstić information content (AvgIpc) is 2.70. The third kappa shape index (κ3) is 4.94. The van der Waals surface area contributed by atoms with E-state index in [4.69, 9.17) is 4.74 Å². The van der Waals surface area contributed by atoms with E-state index in [1.807, 2.05) is 19.9 Å². The minimum atomic E-state index is -0.259. The molecule has 0 unspecified atom stereocenters. The molecular formula is C23H27FN2O3. The van der Waals surface area contributed by atoms with Gasteiger partial charge in [0, 0.05) is 25.2 Å². The van der Waals surface area contributed by atoms with Crippen LogP contribution in [0.4, 0.5) is 10.1 Å². The second kappa shape index (κ2) is 9.54. The first kappa shape index (κ1) is 20.8. The Morgan fingerprint density at radius 1 is 1.24 bits per heavy atom. The van der Waals surface area contributed by atoms with Crippen molar-refractivity contribution in [3.8, 4) is 5.75 Å². The molecule has 0 saturated carbocycles. The Hall–Kier alpha value is -2.89. The molecule has 1 heterocycles. The lowest BCUT2D eigenvalue weighted by Crippen LogP contribution is -2.36. The first-order valence-electron chi connectivity index (χ1n) is 10.1. The van der Waals surface area contributed by atoms with Gasteiger partial charge in [-0.3, -0.25) is 9.59 Å². The molecule has 2 aromatic rings. The summed E-state index contributed by atoms with van der Waals surface area (Å²) in [5.74, 6) is 0.0857. The molecule has 6 heteroatoms. The number of nitrogens with zero attached hydrogens (tertiary/aromatic N) is 1. The highest BCUT2D eigenvalue weighted by Crippen LogP contribution is 2.32. The zero-order chi connectivity index (χ0) is 20.8. The summed E-state index contributed by atoms with van der Waals surface area (Å²) in [6.07, 6.45) is 2.47. The largest absolute Gasteiger partial charge is 0.493 e. The van der Waals surface area contributed by atoms with Gasteiger partial charge in [0.25, 0.3) is 5.91 Å². The molecule has 154 valence electrons. The van der Waals surface area contributed by atoms with Crippen LogP contribution in [0.15, 0.2) is 36.4 Å². The predicted octanol–water partition coefficient (Wildman–Crippen LogP) is 4.02. The molecular weight excluding hydrogens is 371 g/mol. The SMILES string of the molecule is CCOc1ccccc1C(=O)NCCCC(=O)N1CCCc2cc(F)cc(C)c21. The van der Waals surface area contributed by atoms with Crippen molar-refractivity contribution in [3.05, 3.63) is 58.9 Å². The second-order valence-electron chi connectivity index (χ2n) is 7.17. The van der Waals surface area contributed by atoms with E-state index >= 15 is 0 Å². The van der Waals surface area contributed by atoms with E-state index in [9.17, 15) is 14.0 Å². The van der Waals surface area contributed by atoms with Gasteiger partial charge in [-0.05, 0) is 68.5 Å². The molecule has 0 fully saturated rings. The molecule has 0 aromatic heterocycles. The Kier molecular flexibility index (Phi) is 6.86. The summed E-state index contributed by atoms with van der Waals surface area (Å²) in [4.78, 5) is 26.9. The highest BCUT2D eigenvalue weighted by molar-refractivity contribution is 5.97. The molecule has 1 aliphatic heterocycles. The number of carbonyl (C=O) groups is 2. The van der Waals surface area contributed by atoms with Gasteiger partial charge < -0.3 is 15.0 Å². The lowest BCUT2D eigenvalue weighted by atomic mass is 9.97. The van der Waals surface area contributed by atoms with Crippen LogP contribution in [-0.2, 0) is 11.2 Å². The summed E-state index contributed by atoms with van der Waals surface area (Å²) in [6.45, 7) is 5.23. The third-order valence-corrected chi connectivity index (χ3v) is 5.03. The molecule has 1 N–H and O–H groups in total. The number of halogens is 1. The van der Waals surface area contributed by atoms with Crippen LogP contribution < -0.4 is 15.0 Å². The Labute approximate surface area is 170 Å². The van der Waals surface area contributed by atoms with E-state index in [0.717, 1.165) is 29.7 Å². The van der Waals surface area contributed by atoms with E-state index in [1.165, 1.54) is 12.1 Å². The van der Waals surface area contributed by atoms with Crippen LogP contribution in [0.25, 0.3) is 0 Å². The van der Waals surface area contributed by atoms with E-state index in [2.05, 4.69) is 5.32 Å². The van der Waals surface area contributed by atoms with E-state index < -0.39 is 0 Å². The molecule has 0 radical (unpaired) electrons. The standard InChI is InChI=1S/C23H27FN2O3/c1-3-29-20-10-5-4-9-19(20)23(28)25-12-6-11-21(27)26-13-7-8-17-15-18(24)14-16(2)22(17)26/h4-5,9-10,14-15H,3,6-8,11-13H2,1-2H3,(H,25,28). The van der Waals surface area contributed by atoms with Crippen molar-refractivity contribution < 1.29 is 18.7 Å². The van der Waals surface area contributed by atoms with Crippen LogP contribution in [0.1, 0.15) is 47.7 Å². The highest BCUT2D eigenvalue weighted by atomic mass is 19.1. The van der Waals surface area contributed by atoms with Gasteiger partial charge in [0.15, 0.2) is 0 Å². The van der Waals surface area contributed by atoms with Gasteiger partial charge in [-0.1, -0.05) is 12.1 Å². The van der Waals surface area contributed by atoms with Crippen LogP contribution >= 0.6 is 0 Å². The maximum Gasteiger partial charge on any atom is 0.255 e. The fourth-order valence-corrected chi connectivity index (χ4v) is 3.78. The molecule has 2 aromatic carbocycles. The van der Waals surface area contributed by atoms with Gasteiger partial charge in [-0.15, -0.1) is 0 Å². The van der Waals surface area contributed by atoms with Crippen molar-refractivity contribution in [2.24, 2.45) is 0 Å². The first-order chi connectivity index (χ1) is 14.0. The second-order valence-corrected chi connectivity index (χ2v) is 7.17. The lowest BCUT2D eigenvalue weighted by Gasteiger charge is -2.31. The molecule has 0 bridgehead atoms. The Bertz CT molecular complexity index is 898. The van der Waals surface area contributed by atoms with Gasteiger partial charge in [-0.25, -0.2) is 4.39 Å². The normalized spacial score (nSPS) is 13.0. The van der Waals surface area contributed by atoms with Crippen molar-refractivity contribution in [1.82, 2.24) is 5.32 Å². The fourth-order valence-electron chi connectivity index (χ4n) is 3.78. The van der Waals surface area contributed by atoms with Gasteiger partial charge in [-0.2, -0.15) is 0 Å². The van der Waals surface area contributed by atoms with Crippen molar-refractivity contribution in [3.63, 3.8) is 0 Å². The molecule has 5 nitrogen and oxygen atoms in total. The number of amides is 2. The molecule has 3 rings (SSSR count). The lowest BCUT2D eigenvalue weighted by molar-refractivity contribution is -0.118. The maximum atomic E-state index is 13.7. The van der Waals surface area contributed by atoms with Crippen molar-refractivity contribution in [2.45, 2.75) is 39.5 Å². The van der Waals surface area contributed by atoms with E-state index in [1.54, 1.807) is 23.1 Å². The quantitative estimate of drug-likeness (QED) is 0.717. The number of hydrogen-bond acceptors (Lipinski definition) is 3. The Balaban J connectivity index is 1.55. The zero-order valence-corrected chi connectivity index (χ0v) is 17.0. The fraction of sp³-hybridized carbons (Fsp3) is 0.391. The molecule has 2 amide bonds. The number of para-hydroxylation sites is 1. The summed E-state index contributed by atoms with van der Waals surface area (Å²) in [6, 6.07) is 10.1. The maximum absolute atomic E-state index is 13.7. The third-order valence-electron chi connectivity index (χ3n) is 5.03. The average molecular weight is 398 g/mol. The van der Waals surface area contributed by atoms with Crippen molar-refractivity contribution >= 4 is 17.5 Å².